The minimum atomic E-state index is -1.46. The highest BCUT2D eigenvalue weighted by molar-refractivity contribution is 8.36. The molecule has 8 nitrogen and oxygen atoms in total. The Morgan fingerprint density at radius 1 is 1.52 bits per heavy atom. The van der Waals surface area contributed by atoms with Crippen molar-refractivity contribution < 1.29 is 23.6 Å². The number of alkyl halides is 1. The van der Waals surface area contributed by atoms with Crippen LogP contribution in [0, 0.1) is 0 Å². The summed E-state index contributed by atoms with van der Waals surface area (Å²) < 4.78 is 25.4. The zero-order valence-electron chi connectivity index (χ0n) is 10.9. The van der Waals surface area contributed by atoms with Crippen LogP contribution in [0.1, 0.15) is 0 Å². The first kappa shape index (κ1) is 15.1. The second-order valence-electron chi connectivity index (χ2n) is 4.75. The molecule has 0 aromatic rings. The molecular formula is C10H16FN4O4PS. The van der Waals surface area contributed by atoms with Gasteiger partial charge in [0.25, 0.3) is 5.91 Å². The largest absolute Gasteiger partial charge is 0.394 e. The number of halogens is 1. The number of nitrogens with zero attached hydrogens (tertiary/aromatic N) is 1. The molecule has 0 radical (unpaired) electrons. The SMILES string of the molecule is O=C1NCNC2=C1NCN2[C@@H]1OC(CO)[C@@H](OPS)[C@@H]1F. The van der Waals surface area contributed by atoms with E-state index < -0.39 is 24.6 Å². The number of carbonyl (C=O) groups is 1. The molecule has 0 aliphatic carbocycles. The van der Waals surface area contributed by atoms with Crippen LogP contribution in [0.3, 0.4) is 0 Å². The first-order valence-corrected chi connectivity index (χ1v) is 8.59. The van der Waals surface area contributed by atoms with Crippen LogP contribution >= 0.6 is 20.3 Å². The van der Waals surface area contributed by atoms with E-state index in [1.54, 1.807) is 4.90 Å². The van der Waals surface area contributed by atoms with E-state index >= 15 is 0 Å². The van der Waals surface area contributed by atoms with E-state index in [9.17, 15) is 14.3 Å². The molecule has 3 heterocycles. The second kappa shape index (κ2) is 6.13. The van der Waals surface area contributed by atoms with Gasteiger partial charge in [0, 0.05) is 0 Å². The van der Waals surface area contributed by atoms with Crippen LogP contribution in [-0.4, -0.2) is 60.5 Å². The predicted octanol–water partition coefficient (Wildman–Crippen LogP) is -1.43. The number of aliphatic hydroxyl groups excluding tert-OH is 1. The number of thiol groups is 1. The van der Waals surface area contributed by atoms with Crippen molar-refractivity contribution in [1.29, 1.82) is 0 Å². The van der Waals surface area contributed by atoms with Gasteiger partial charge in [-0.1, -0.05) is 0 Å². The molecule has 1 saturated heterocycles. The van der Waals surface area contributed by atoms with Crippen molar-refractivity contribution in [3.05, 3.63) is 11.5 Å². The molecule has 1 fully saturated rings. The number of aliphatic hydroxyl groups is 1. The maximum absolute atomic E-state index is 14.6. The van der Waals surface area contributed by atoms with Crippen LogP contribution in [0.4, 0.5) is 4.39 Å². The smallest absolute Gasteiger partial charge is 0.272 e. The molecule has 3 aliphatic heterocycles. The molecule has 0 spiro atoms. The summed E-state index contributed by atoms with van der Waals surface area (Å²) in [5.41, 5.74) is 0.359. The Labute approximate surface area is 127 Å². The van der Waals surface area contributed by atoms with Crippen LogP contribution in [0.15, 0.2) is 11.5 Å². The van der Waals surface area contributed by atoms with Gasteiger partial charge >= 0.3 is 0 Å². The van der Waals surface area contributed by atoms with Crippen molar-refractivity contribution in [1.82, 2.24) is 20.9 Å². The monoisotopic (exact) mass is 338 g/mol. The van der Waals surface area contributed by atoms with Gasteiger partial charge in [0.05, 0.1) is 28.0 Å². The molecule has 3 rings (SSSR count). The number of ether oxygens (including phenoxy) is 1. The first-order valence-electron chi connectivity index (χ1n) is 6.39. The molecule has 4 N–H and O–H groups in total. The summed E-state index contributed by atoms with van der Waals surface area (Å²) in [5, 5.41) is 17.8. The van der Waals surface area contributed by atoms with Gasteiger partial charge in [-0.15, -0.1) is 12.2 Å². The Morgan fingerprint density at radius 2 is 2.33 bits per heavy atom. The first-order chi connectivity index (χ1) is 10.2. The average Bonchev–Trinajstić information content (AvgIpc) is 3.03. The highest BCUT2D eigenvalue weighted by atomic mass is 32.7. The minimum Gasteiger partial charge on any atom is -0.394 e. The van der Waals surface area contributed by atoms with E-state index in [2.05, 4.69) is 28.2 Å². The molecule has 5 atom stereocenters. The highest BCUT2D eigenvalue weighted by Gasteiger charge is 2.50. The summed E-state index contributed by atoms with van der Waals surface area (Å²) >= 11 is 3.94. The van der Waals surface area contributed by atoms with Crippen molar-refractivity contribution in [2.75, 3.05) is 19.9 Å². The van der Waals surface area contributed by atoms with Gasteiger partial charge in [0.15, 0.2) is 12.4 Å². The fraction of sp³-hybridized carbons (Fsp3) is 0.700. The number of rotatable bonds is 4. The third-order valence-corrected chi connectivity index (χ3v) is 4.32. The maximum atomic E-state index is 14.6. The van der Waals surface area contributed by atoms with E-state index in [0.717, 1.165) is 0 Å². The lowest BCUT2D eigenvalue weighted by atomic mass is 10.1. The third kappa shape index (κ3) is 2.55. The topological polar surface area (TPSA) is 95.1 Å². The van der Waals surface area contributed by atoms with Crippen LogP contribution in [-0.2, 0) is 14.1 Å². The molecule has 0 bridgehead atoms. The fourth-order valence-electron chi connectivity index (χ4n) is 2.66. The summed E-state index contributed by atoms with van der Waals surface area (Å²) in [7, 11) is -0.199. The molecule has 21 heavy (non-hydrogen) atoms. The lowest BCUT2D eigenvalue weighted by molar-refractivity contribution is -0.118. The maximum Gasteiger partial charge on any atom is 0.272 e. The molecule has 0 saturated carbocycles. The number of carbonyl (C=O) groups excluding carboxylic acids is 1. The van der Waals surface area contributed by atoms with Crippen molar-refractivity contribution in [2.24, 2.45) is 0 Å². The van der Waals surface area contributed by atoms with Crippen LogP contribution in [0.25, 0.3) is 0 Å². The summed E-state index contributed by atoms with van der Waals surface area (Å²) in [4.78, 5) is 13.3. The lowest BCUT2D eigenvalue weighted by Gasteiger charge is -2.30. The third-order valence-electron chi connectivity index (χ3n) is 3.62. The Morgan fingerprint density at radius 3 is 3.05 bits per heavy atom. The number of amides is 1. The van der Waals surface area contributed by atoms with Gasteiger partial charge in [-0.05, 0) is 0 Å². The zero-order valence-corrected chi connectivity index (χ0v) is 12.8. The number of hydrogen-bond donors (Lipinski definition) is 5. The van der Waals surface area contributed by atoms with Gasteiger partial charge in [-0.2, -0.15) is 0 Å². The Balaban J connectivity index is 1.80. The molecule has 3 aliphatic rings. The lowest BCUT2D eigenvalue weighted by Crippen LogP contribution is -2.48. The number of hydrogen-bond acceptors (Lipinski definition) is 8. The highest BCUT2D eigenvalue weighted by Crippen LogP contribution is 2.36. The second-order valence-corrected chi connectivity index (χ2v) is 5.72. The number of nitrogens with one attached hydrogen (secondary N) is 3. The van der Waals surface area contributed by atoms with Crippen molar-refractivity contribution in [3.8, 4) is 0 Å². The van der Waals surface area contributed by atoms with Crippen LogP contribution in [0.5, 0.6) is 0 Å². The molecular weight excluding hydrogens is 322 g/mol. The Kier molecular flexibility index (Phi) is 4.41. The van der Waals surface area contributed by atoms with E-state index in [1.165, 1.54) is 0 Å². The fourth-order valence-corrected chi connectivity index (χ4v) is 3.42. The molecule has 11 heteroatoms. The van der Waals surface area contributed by atoms with Gasteiger partial charge in [-0.3, -0.25) is 4.79 Å². The quantitative estimate of drug-likeness (QED) is 0.317. The van der Waals surface area contributed by atoms with Gasteiger partial charge in [0.1, 0.15) is 23.7 Å². The van der Waals surface area contributed by atoms with E-state index in [4.69, 9.17) is 9.26 Å². The molecule has 2 unspecified atom stereocenters. The van der Waals surface area contributed by atoms with E-state index in [0.29, 0.717) is 11.5 Å². The Bertz CT molecular complexity index is 470. The molecule has 1 amide bonds. The van der Waals surface area contributed by atoms with E-state index in [-0.39, 0.29) is 33.9 Å². The zero-order chi connectivity index (χ0) is 15.0. The summed E-state index contributed by atoms with van der Waals surface area (Å²) in [6, 6.07) is 0. The molecule has 118 valence electrons. The van der Waals surface area contributed by atoms with Crippen molar-refractivity contribution >= 4 is 26.2 Å². The normalized spacial score (nSPS) is 36.0. The van der Waals surface area contributed by atoms with Crippen molar-refractivity contribution in [3.63, 3.8) is 0 Å². The Hall–Kier alpha value is -0.800. The molecule has 0 aromatic heterocycles. The van der Waals surface area contributed by atoms with Gasteiger partial charge < -0.3 is 35.2 Å². The summed E-state index contributed by atoms with van der Waals surface area (Å²) in [6.07, 6.45) is -4.03. The predicted molar refractivity (Wildman–Crippen MR) is 75.8 cm³/mol. The standard InChI is InChI=1S/C10H16FN4O4PS/c11-5-7(19-20-21)4(1-16)18-10(5)15-3-14-6-8(15)12-2-13-9(6)17/h4-5,7,10,12,14,16,20-21H,1-3H2,(H,13,17)/t4?,5-,7+,10+/m0/s1. The van der Waals surface area contributed by atoms with E-state index in [1.807, 2.05) is 0 Å². The molecule has 0 aromatic carbocycles. The van der Waals surface area contributed by atoms with Crippen LogP contribution in [0.2, 0.25) is 0 Å². The summed E-state index contributed by atoms with van der Waals surface area (Å²) in [6.45, 7) is 0.159. The van der Waals surface area contributed by atoms with Crippen LogP contribution < -0.4 is 16.0 Å². The summed E-state index contributed by atoms with van der Waals surface area (Å²) in [5.74, 6) is 0.250. The van der Waals surface area contributed by atoms with Crippen molar-refractivity contribution in [2.45, 2.75) is 24.6 Å². The average molecular weight is 338 g/mol. The van der Waals surface area contributed by atoms with Gasteiger partial charge in [0.2, 0.25) is 0 Å². The minimum absolute atomic E-state index is 0.199. The van der Waals surface area contributed by atoms with Gasteiger partial charge in [-0.25, -0.2) is 4.39 Å².